The van der Waals surface area contributed by atoms with Crippen LogP contribution in [-0.4, -0.2) is 30.1 Å². The number of nitrogens with zero attached hydrogens (tertiary/aromatic N) is 1. The van der Waals surface area contributed by atoms with Crippen molar-refractivity contribution in [2.75, 3.05) is 13.1 Å². The van der Waals surface area contributed by atoms with E-state index in [0.29, 0.717) is 0 Å². The second-order valence-corrected chi connectivity index (χ2v) is 4.35. The van der Waals surface area contributed by atoms with Crippen LogP contribution in [0.5, 0.6) is 0 Å². The summed E-state index contributed by atoms with van der Waals surface area (Å²) in [4.78, 5) is 2.65. The zero-order valence-corrected chi connectivity index (χ0v) is 9.29. The monoisotopic (exact) mass is 184 g/mol. The first kappa shape index (κ1) is 11.0. The Labute approximate surface area is 82.5 Å². The Hall–Kier alpha value is -0.0800. The number of rotatable bonds is 4. The zero-order valence-electron chi connectivity index (χ0n) is 9.29. The van der Waals surface area contributed by atoms with Crippen LogP contribution < -0.4 is 5.73 Å². The lowest BCUT2D eigenvalue weighted by Gasteiger charge is -2.29. The van der Waals surface area contributed by atoms with Gasteiger partial charge in [-0.2, -0.15) is 0 Å². The minimum absolute atomic E-state index is 0.746. The van der Waals surface area contributed by atoms with Gasteiger partial charge in [-0.15, -0.1) is 0 Å². The maximum absolute atomic E-state index is 5.71. The molecule has 0 aromatic rings. The Morgan fingerprint density at radius 3 is 2.38 bits per heavy atom. The average Bonchev–Trinajstić information content (AvgIpc) is 2.50. The van der Waals surface area contributed by atoms with Crippen molar-refractivity contribution in [3.8, 4) is 0 Å². The Morgan fingerprint density at radius 2 is 2.00 bits per heavy atom. The highest BCUT2D eigenvalue weighted by Crippen LogP contribution is 2.26. The fraction of sp³-hybridized carbons (Fsp3) is 1.00. The molecule has 2 nitrogen and oxygen atoms in total. The van der Waals surface area contributed by atoms with Gasteiger partial charge in [0.1, 0.15) is 0 Å². The first-order valence-electron chi connectivity index (χ1n) is 5.68. The molecule has 1 aliphatic heterocycles. The molecule has 0 spiro atoms. The molecule has 0 radical (unpaired) electrons. The van der Waals surface area contributed by atoms with E-state index < -0.39 is 0 Å². The topological polar surface area (TPSA) is 29.3 Å². The Balaban J connectivity index is 2.50. The van der Waals surface area contributed by atoms with Crippen LogP contribution in [0.15, 0.2) is 0 Å². The minimum Gasteiger partial charge on any atom is -0.330 e. The van der Waals surface area contributed by atoms with Gasteiger partial charge in [-0.05, 0) is 38.6 Å². The minimum atomic E-state index is 0.746. The van der Waals surface area contributed by atoms with Crippen molar-refractivity contribution >= 4 is 0 Å². The second kappa shape index (κ2) is 4.97. The molecule has 1 saturated heterocycles. The van der Waals surface area contributed by atoms with Crippen LogP contribution in [0.4, 0.5) is 0 Å². The van der Waals surface area contributed by atoms with Gasteiger partial charge in [0.2, 0.25) is 0 Å². The standard InChI is InChI=1S/C11H24N2/c1-4-11(5-2)13-8-10(7-12)6-9(13)3/h9-11H,4-8,12H2,1-3H3. The molecule has 2 heteroatoms. The van der Waals surface area contributed by atoms with E-state index in [0.717, 1.165) is 24.5 Å². The average molecular weight is 184 g/mol. The Bertz CT molecular complexity index is 143. The quantitative estimate of drug-likeness (QED) is 0.722. The first-order chi connectivity index (χ1) is 6.22. The van der Waals surface area contributed by atoms with Crippen molar-refractivity contribution in [3.05, 3.63) is 0 Å². The van der Waals surface area contributed by atoms with Gasteiger partial charge in [-0.3, -0.25) is 4.90 Å². The van der Waals surface area contributed by atoms with E-state index in [1.807, 2.05) is 0 Å². The fourth-order valence-corrected chi connectivity index (χ4v) is 2.61. The van der Waals surface area contributed by atoms with Crippen molar-refractivity contribution in [1.29, 1.82) is 0 Å². The van der Waals surface area contributed by atoms with Crippen LogP contribution in [0.3, 0.4) is 0 Å². The molecule has 2 N–H and O–H groups in total. The number of hydrogen-bond donors (Lipinski definition) is 1. The molecule has 1 aliphatic rings. The van der Waals surface area contributed by atoms with Crippen LogP contribution in [-0.2, 0) is 0 Å². The summed E-state index contributed by atoms with van der Waals surface area (Å²) in [6.07, 6.45) is 3.85. The van der Waals surface area contributed by atoms with Crippen LogP contribution in [0.1, 0.15) is 40.0 Å². The smallest absolute Gasteiger partial charge is 0.00929 e. The largest absolute Gasteiger partial charge is 0.330 e. The SMILES string of the molecule is CCC(CC)N1CC(CN)CC1C. The van der Waals surface area contributed by atoms with E-state index in [9.17, 15) is 0 Å². The van der Waals surface area contributed by atoms with E-state index in [2.05, 4.69) is 25.7 Å². The molecule has 0 aliphatic carbocycles. The van der Waals surface area contributed by atoms with E-state index in [1.54, 1.807) is 0 Å². The molecule has 1 rings (SSSR count). The highest BCUT2D eigenvalue weighted by molar-refractivity contribution is 4.86. The molecule has 13 heavy (non-hydrogen) atoms. The van der Waals surface area contributed by atoms with Gasteiger partial charge in [-0.1, -0.05) is 13.8 Å². The van der Waals surface area contributed by atoms with Crippen LogP contribution in [0.2, 0.25) is 0 Å². The van der Waals surface area contributed by atoms with Crippen LogP contribution >= 0.6 is 0 Å². The molecular formula is C11H24N2. The number of likely N-dealkylation sites (tertiary alicyclic amines) is 1. The third kappa shape index (κ3) is 2.44. The van der Waals surface area contributed by atoms with Crippen molar-refractivity contribution in [2.24, 2.45) is 11.7 Å². The summed E-state index contributed by atoms with van der Waals surface area (Å²) in [7, 11) is 0. The molecule has 0 aromatic carbocycles. The van der Waals surface area contributed by atoms with Gasteiger partial charge >= 0.3 is 0 Å². The lowest BCUT2D eigenvalue weighted by molar-refractivity contribution is 0.176. The maximum Gasteiger partial charge on any atom is 0.00929 e. The first-order valence-corrected chi connectivity index (χ1v) is 5.68. The second-order valence-electron chi connectivity index (χ2n) is 4.35. The molecule has 2 unspecified atom stereocenters. The molecule has 1 heterocycles. The van der Waals surface area contributed by atoms with Gasteiger partial charge in [0, 0.05) is 18.6 Å². The number of nitrogens with two attached hydrogens (primary N) is 1. The van der Waals surface area contributed by atoms with Crippen molar-refractivity contribution in [2.45, 2.75) is 52.1 Å². The molecule has 78 valence electrons. The third-order valence-electron chi connectivity index (χ3n) is 3.45. The van der Waals surface area contributed by atoms with E-state index in [4.69, 9.17) is 5.73 Å². The normalized spacial score (nSPS) is 30.2. The summed E-state index contributed by atoms with van der Waals surface area (Å²) in [6.45, 7) is 9.01. The van der Waals surface area contributed by atoms with Gasteiger partial charge in [0.15, 0.2) is 0 Å². The van der Waals surface area contributed by atoms with Gasteiger partial charge in [0.25, 0.3) is 0 Å². The molecule has 0 aromatic heterocycles. The summed E-state index contributed by atoms with van der Waals surface area (Å²) in [5, 5.41) is 0. The fourth-order valence-electron chi connectivity index (χ4n) is 2.61. The van der Waals surface area contributed by atoms with Crippen molar-refractivity contribution < 1.29 is 0 Å². The summed E-state index contributed by atoms with van der Waals surface area (Å²) < 4.78 is 0. The highest BCUT2D eigenvalue weighted by Gasteiger charge is 2.31. The predicted octanol–water partition coefficient (Wildman–Crippen LogP) is 1.84. The van der Waals surface area contributed by atoms with Gasteiger partial charge in [-0.25, -0.2) is 0 Å². The lowest BCUT2D eigenvalue weighted by Crippen LogP contribution is -2.37. The molecule has 0 amide bonds. The molecule has 0 bridgehead atoms. The maximum atomic E-state index is 5.71. The molecule has 2 atom stereocenters. The number of hydrogen-bond acceptors (Lipinski definition) is 2. The molecular weight excluding hydrogens is 160 g/mol. The Morgan fingerprint density at radius 1 is 1.38 bits per heavy atom. The van der Waals surface area contributed by atoms with E-state index in [-0.39, 0.29) is 0 Å². The summed E-state index contributed by atoms with van der Waals surface area (Å²) in [5.41, 5.74) is 5.71. The van der Waals surface area contributed by atoms with Gasteiger partial charge in [0.05, 0.1) is 0 Å². The molecule has 1 fully saturated rings. The summed E-state index contributed by atoms with van der Waals surface area (Å²) in [6, 6.07) is 1.53. The van der Waals surface area contributed by atoms with Gasteiger partial charge < -0.3 is 5.73 Å². The Kier molecular flexibility index (Phi) is 4.20. The predicted molar refractivity (Wildman–Crippen MR) is 57.7 cm³/mol. The van der Waals surface area contributed by atoms with Crippen LogP contribution in [0.25, 0.3) is 0 Å². The van der Waals surface area contributed by atoms with E-state index >= 15 is 0 Å². The zero-order chi connectivity index (χ0) is 9.84. The highest BCUT2D eigenvalue weighted by atomic mass is 15.2. The summed E-state index contributed by atoms with van der Waals surface area (Å²) in [5.74, 6) is 0.746. The van der Waals surface area contributed by atoms with Crippen molar-refractivity contribution in [1.82, 2.24) is 4.90 Å². The van der Waals surface area contributed by atoms with Crippen molar-refractivity contribution in [3.63, 3.8) is 0 Å². The summed E-state index contributed by atoms with van der Waals surface area (Å²) >= 11 is 0. The third-order valence-corrected chi connectivity index (χ3v) is 3.45. The van der Waals surface area contributed by atoms with E-state index in [1.165, 1.54) is 25.8 Å². The van der Waals surface area contributed by atoms with Crippen LogP contribution in [0, 0.1) is 5.92 Å². The molecule has 0 saturated carbocycles. The lowest BCUT2D eigenvalue weighted by atomic mass is 10.1.